The molecule has 1 aromatic carbocycles. The molecule has 1 atom stereocenters. The van der Waals surface area contributed by atoms with Gasteiger partial charge in [-0.25, -0.2) is 0 Å². The number of ether oxygens (including phenoxy) is 4. The van der Waals surface area contributed by atoms with Crippen LogP contribution in [0.15, 0.2) is 42.5 Å². The number of esters is 2. The fourth-order valence-corrected chi connectivity index (χ4v) is 7.52. The molecule has 1 rings (SSSR count). The number of carbonyl (C=O) groups is 2. The molecule has 346 valence electrons. The Balaban J connectivity index is 2.32. The summed E-state index contributed by atoms with van der Waals surface area (Å²) >= 11 is 0. The van der Waals surface area contributed by atoms with Crippen LogP contribution < -0.4 is 9.47 Å². The highest BCUT2D eigenvalue weighted by molar-refractivity contribution is 5.69. The molecule has 7 nitrogen and oxygen atoms in total. The molecule has 0 aliphatic rings. The lowest BCUT2D eigenvalue weighted by molar-refractivity contribution is -0.145. The third kappa shape index (κ3) is 35.9. The molecule has 0 aliphatic carbocycles. The molecule has 0 spiro atoms. The van der Waals surface area contributed by atoms with Gasteiger partial charge in [0.15, 0.2) is 0 Å². The SMILES string of the molecule is CCCCC/C=C\C/C=C\CCCCCCCC(=O)OCCCOc1cc(CN(C)C)cc(OCCCOC(=O)CC(CCCCCCCC)CCCCCCCCC)c1. The highest BCUT2D eigenvalue weighted by atomic mass is 16.5. The zero-order valence-corrected chi connectivity index (χ0v) is 39.8. The first kappa shape index (κ1) is 55.2. The molecule has 0 N–H and O–H groups in total. The van der Waals surface area contributed by atoms with Gasteiger partial charge in [0.25, 0.3) is 0 Å². The van der Waals surface area contributed by atoms with E-state index in [4.69, 9.17) is 18.9 Å². The van der Waals surface area contributed by atoms with Crippen LogP contribution in [0.25, 0.3) is 0 Å². The van der Waals surface area contributed by atoms with Gasteiger partial charge in [0, 0.05) is 38.3 Å². The average molecular weight is 840 g/mol. The highest BCUT2D eigenvalue weighted by Crippen LogP contribution is 2.25. The van der Waals surface area contributed by atoms with E-state index in [0.29, 0.717) is 58.0 Å². The molecule has 0 saturated heterocycles. The third-order valence-electron chi connectivity index (χ3n) is 11.0. The summed E-state index contributed by atoms with van der Waals surface area (Å²) < 4.78 is 23.4. The van der Waals surface area contributed by atoms with E-state index in [9.17, 15) is 9.59 Å². The first-order valence-corrected chi connectivity index (χ1v) is 25.0. The van der Waals surface area contributed by atoms with Crippen LogP contribution in [0.4, 0.5) is 0 Å². The van der Waals surface area contributed by atoms with Gasteiger partial charge in [-0.15, -0.1) is 0 Å². The lowest BCUT2D eigenvalue weighted by Gasteiger charge is -2.17. The summed E-state index contributed by atoms with van der Waals surface area (Å²) in [5.74, 6) is 1.73. The van der Waals surface area contributed by atoms with Gasteiger partial charge in [0.1, 0.15) is 11.5 Å². The predicted octanol–water partition coefficient (Wildman–Crippen LogP) is 15.1. The van der Waals surface area contributed by atoms with Crippen molar-refractivity contribution in [2.45, 2.75) is 220 Å². The zero-order chi connectivity index (χ0) is 43.6. The van der Waals surface area contributed by atoms with E-state index in [-0.39, 0.29) is 11.9 Å². The molecule has 0 aromatic heterocycles. The monoisotopic (exact) mass is 840 g/mol. The van der Waals surface area contributed by atoms with Crippen molar-refractivity contribution in [3.8, 4) is 11.5 Å². The summed E-state index contributed by atoms with van der Waals surface area (Å²) in [5, 5.41) is 0. The van der Waals surface area contributed by atoms with Crippen LogP contribution in [-0.4, -0.2) is 57.4 Å². The molecular weight excluding hydrogens is 747 g/mol. The molecule has 0 bridgehead atoms. The van der Waals surface area contributed by atoms with Gasteiger partial charge in [0.2, 0.25) is 0 Å². The summed E-state index contributed by atoms with van der Waals surface area (Å²) in [7, 11) is 4.08. The van der Waals surface area contributed by atoms with Gasteiger partial charge >= 0.3 is 11.9 Å². The van der Waals surface area contributed by atoms with Crippen molar-refractivity contribution in [3.63, 3.8) is 0 Å². The summed E-state index contributed by atoms with van der Waals surface area (Å²) in [6.45, 7) is 9.17. The molecule has 0 heterocycles. The summed E-state index contributed by atoms with van der Waals surface area (Å²) in [4.78, 5) is 27.3. The number of rotatable bonds is 43. The van der Waals surface area contributed by atoms with Crippen molar-refractivity contribution in [1.29, 1.82) is 0 Å². The van der Waals surface area contributed by atoms with Gasteiger partial charge in [0.05, 0.1) is 26.4 Å². The molecule has 0 aliphatic heterocycles. The second-order valence-electron chi connectivity index (χ2n) is 17.4. The van der Waals surface area contributed by atoms with Crippen molar-refractivity contribution >= 4 is 11.9 Å². The van der Waals surface area contributed by atoms with E-state index < -0.39 is 0 Å². The van der Waals surface area contributed by atoms with Crippen LogP contribution >= 0.6 is 0 Å². The van der Waals surface area contributed by atoms with Crippen LogP contribution in [-0.2, 0) is 25.6 Å². The number of allylic oxidation sites excluding steroid dienone is 4. The topological polar surface area (TPSA) is 74.3 Å². The molecule has 7 heteroatoms. The smallest absolute Gasteiger partial charge is 0.306 e. The normalized spacial score (nSPS) is 12.2. The predicted molar refractivity (Wildman–Crippen MR) is 254 cm³/mol. The number of hydrogen-bond acceptors (Lipinski definition) is 7. The molecule has 0 fully saturated rings. The maximum atomic E-state index is 12.9. The van der Waals surface area contributed by atoms with Crippen LogP contribution in [0.2, 0.25) is 0 Å². The molecular formula is C53H93NO6. The van der Waals surface area contributed by atoms with Crippen molar-refractivity contribution in [2.75, 3.05) is 40.5 Å². The standard InChI is InChI=1S/C53H93NO6/c1-6-9-12-15-18-19-20-21-22-23-24-25-27-30-33-38-52(55)59-41-34-39-57-50-43-49(47-54(4)5)44-51(46-50)58-40-35-42-60-53(56)45-48(36-31-28-17-14-11-8-3)37-32-29-26-16-13-10-7-2/h18-19,21-22,43-44,46,48H,6-17,20,23-42,45,47H2,1-5H3/b19-18-,22-21-. The Kier molecular flexibility index (Phi) is 38.2. The summed E-state index contributed by atoms with van der Waals surface area (Å²) in [5.41, 5.74) is 1.10. The highest BCUT2D eigenvalue weighted by Gasteiger charge is 2.15. The Bertz CT molecular complexity index is 1200. The quantitative estimate of drug-likeness (QED) is 0.0368. The third-order valence-corrected chi connectivity index (χ3v) is 11.0. The van der Waals surface area contributed by atoms with E-state index in [1.807, 2.05) is 32.3 Å². The van der Waals surface area contributed by atoms with Gasteiger partial charge in [-0.1, -0.05) is 161 Å². The number of carbonyl (C=O) groups excluding carboxylic acids is 2. The Morgan fingerprint density at radius 2 is 0.967 bits per heavy atom. The van der Waals surface area contributed by atoms with Crippen LogP contribution in [0.3, 0.4) is 0 Å². The maximum absolute atomic E-state index is 12.9. The van der Waals surface area contributed by atoms with E-state index in [1.54, 1.807) is 0 Å². The van der Waals surface area contributed by atoms with Gasteiger partial charge in [-0.05, 0) is 89.1 Å². The van der Waals surface area contributed by atoms with E-state index in [0.717, 1.165) is 68.6 Å². The van der Waals surface area contributed by atoms with Crippen LogP contribution in [0.1, 0.15) is 219 Å². The van der Waals surface area contributed by atoms with Crippen LogP contribution in [0, 0.1) is 5.92 Å². The minimum absolute atomic E-state index is 0.0650. The van der Waals surface area contributed by atoms with Crippen molar-refractivity contribution in [2.24, 2.45) is 5.92 Å². The van der Waals surface area contributed by atoms with E-state index in [1.165, 1.54) is 122 Å². The molecule has 1 aromatic rings. The number of benzene rings is 1. The summed E-state index contributed by atoms with van der Waals surface area (Å²) in [6.07, 6.45) is 43.4. The van der Waals surface area contributed by atoms with Gasteiger partial charge < -0.3 is 23.8 Å². The number of nitrogens with zero attached hydrogens (tertiary/aromatic N) is 1. The van der Waals surface area contributed by atoms with Crippen LogP contribution in [0.5, 0.6) is 11.5 Å². The van der Waals surface area contributed by atoms with Gasteiger partial charge in [-0.3, -0.25) is 9.59 Å². The number of hydrogen-bond donors (Lipinski definition) is 0. The first-order chi connectivity index (χ1) is 29.4. The fraction of sp³-hybridized carbons (Fsp3) is 0.774. The summed E-state index contributed by atoms with van der Waals surface area (Å²) in [6, 6.07) is 6.00. The van der Waals surface area contributed by atoms with Gasteiger partial charge in [-0.2, -0.15) is 0 Å². The molecule has 1 unspecified atom stereocenters. The zero-order valence-electron chi connectivity index (χ0n) is 39.8. The van der Waals surface area contributed by atoms with E-state index in [2.05, 4.69) is 50.0 Å². The largest absolute Gasteiger partial charge is 0.493 e. The molecule has 0 saturated carbocycles. The lowest BCUT2D eigenvalue weighted by Crippen LogP contribution is -2.14. The Morgan fingerprint density at radius 3 is 1.50 bits per heavy atom. The van der Waals surface area contributed by atoms with Crippen molar-refractivity contribution in [3.05, 3.63) is 48.1 Å². The number of unbranched alkanes of at least 4 members (excludes halogenated alkanes) is 19. The minimum atomic E-state index is -0.119. The first-order valence-electron chi connectivity index (χ1n) is 25.0. The second-order valence-corrected chi connectivity index (χ2v) is 17.4. The molecule has 0 radical (unpaired) electrons. The minimum Gasteiger partial charge on any atom is -0.493 e. The molecule has 60 heavy (non-hydrogen) atoms. The van der Waals surface area contributed by atoms with E-state index >= 15 is 0 Å². The maximum Gasteiger partial charge on any atom is 0.306 e. The Morgan fingerprint density at radius 1 is 0.517 bits per heavy atom. The Labute approximate surface area is 370 Å². The average Bonchev–Trinajstić information content (AvgIpc) is 3.22. The Hall–Kier alpha value is -2.80. The van der Waals surface area contributed by atoms with Crippen molar-refractivity contribution in [1.82, 2.24) is 4.90 Å². The molecule has 0 amide bonds. The fourth-order valence-electron chi connectivity index (χ4n) is 7.52. The van der Waals surface area contributed by atoms with Crippen molar-refractivity contribution < 1.29 is 28.5 Å². The second kappa shape index (κ2) is 41.5. The lowest BCUT2D eigenvalue weighted by atomic mass is 9.91.